The van der Waals surface area contributed by atoms with Crippen LogP contribution in [0, 0.1) is 5.41 Å². The van der Waals surface area contributed by atoms with Gasteiger partial charge in [-0.25, -0.2) is 9.97 Å². The van der Waals surface area contributed by atoms with Gasteiger partial charge in [0.25, 0.3) is 0 Å². The number of fused-ring (bicyclic) bond motifs is 1. The second-order valence-corrected chi connectivity index (χ2v) is 6.33. The van der Waals surface area contributed by atoms with Crippen LogP contribution in [0.3, 0.4) is 0 Å². The van der Waals surface area contributed by atoms with Gasteiger partial charge in [-0.15, -0.1) is 0 Å². The van der Waals surface area contributed by atoms with Crippen LogP contribution in [-0.4, -0.2) is 29.6 Å². The fraction of sp³-hybridized carbons (Fsp3) is 0.733. The minimum absolute atomic E-state index is 0.323. The highest BCUT2D eigenvalue weighted by atomic mass is 15.2. The van der Waals surface area contributed by atoms with Crippen LogP contribution in [0.1, 0.15) is 43.9 Å². The van der Waals surface area contributed by atoms with Gasteiger partial charge in [-0.05, 0) is 50.5 Å². The Morgan fingerprint density at radius 1 is 1.21 bits per heavy atom. The van der Waals surface area contributed by atoms with Crippen LogP contribution in [0.15, 0.2) is 6.33 Å². The summed E-state index contributed by atoms with van der Waals surface area (Å²) >= 11 is 0. The van der Waals surface area contributed by atoms with Crippen molar-refractivity contribution in [3.8, 4) is 0 Å². The van der Waals surface area contributed by atoms with E-state index in [4.69, 9.17) is 5.73 Å². The maximum atomic E-state index is 5.89. The van der Waals surface area contributed by atoms with Gasteiger partial charge in [0.05, 0.1) is 0 Å². The van der Waals surface area contributed by atoms with Crippen molar-refractivity contribution >= 4 is 5.82 Å². The van der Waals surface area contributed by atoms with Crippen molar-refractivity contribution in [1.82, 2.24) is 9.97 Å². The molecule has 0 amide bonds. The largest absolute Gasteiger partial charge is 0.356 e. The van der Waals surface area contributed by atoms with Crippen LogP contribution in [0.4, 0.5) is 5.82 Å². The number of hydrogen-bond acceptors (Lipinski definition) is 4. The van der Waals surface area contributed by atoms with E-state index in [0.717, 1.165) is 32.5 Å². The quantitative estimate of drug-likeness (QED) is 0.882. The van der Waals surface area contributed by atoms with Gasteiger partial charge in [-0.2, -0.15) is 0 Å². The van der Waals surface area contributed by atoms with Crippen LogP contribution in [0.2, 0.25) is 0 Å². The molecule has 0 bridgehead atoms. The zero-order chi connectivity index (χ0) is 13.3. The Morgan fingerprint density at radius 2 is 1.95 bits per heavy atom. The molecule has 0 radical (unpaired) electrons. The standard InChI is InChI=1S/C15H24N4/c1-15(10-16)6-8-19(9-7-15)14-12-4-2-3-5-13(12)17-11-18-14/h11H,2-10,16H2,1H3. The minimum Gasteiger partial charge on any atom is -0.356 e. The Morgan fingerprint density at radius 3 is 2.68 bits per heavy atom. The molecule has 2 N–H and O–H groups in total. The molecule has 0 spiro atoms. The minimum atomic E-state index is 0.323. The van der Waals surface area contributed by atoms with E-state index in [1.807, 2.05) is 0 Å². The van der Waals surface area contributed by atoms with Gasteiger partial charge >= 0.3 is 0 Å². The Bertz CT molecular complexity index is 449. The molecular weight excluding hydrogens is 236 g/mol. The highest BCUT2D eigenvalue weighted by Gasteiger charge is 2.30. The van der Waals surface area contributed by atoms with Gasteiger partial charge < -0.3 is 10.6 Å². The van der Waals surface area contributed by atoms with Crippen molar-refractivity contribution in [3.63, 3.8) is 0 Å². The monoisotopic (exact) mass is 260 g/mol. The van der Waals surface area contributed by atoms with Crippen LogP contribution in [-0.2, 0) is 12.8 Å². The van der Waals surface area contributed by atoms with Crippen LogP contribution in [0.25, 0.3) is 0 Å². The number of nitrogens with zero attached hydrogens (tertiary/aromatic N) is 3. The molecule has 0 atom stereocenters. The number of rotatable bonds is 2. The van der Waals surface area contributed by atoms with E-state index in [9.17, 15) is 0 Å². The lowest BCUT2D eigenvalue weighted by Crippen LogP contribution is -2.43. The summed E-state index contributed by atoms with van der Waals surface area (Å²) < 4.78 is 0. The third kappa shape index (κ3) is 2.46. The molecule has 1 fully saturated rings. The first-order valence-electron chi connectivity index (χ1n) is 7.50. The van der Waals surface area contributed by atoms with Crippen molar-refractivity contribution in [1.29, 1.82) is 0 Å². The normalized spacial score (nSPS) is 22.1. The molecule has 2 aliphatic rings. The number of piperidine rings is 1. The molecule has 2 heterocycles. The lowest BCUT2D eigenvalue weighted by atomic mass is 9.80. The Hall–Kier alpha value is -1.16. The third-order valence-corrected chi connectivity index (χ3v) is 4.87. The molecule has 1 aliphatic heterocycles. The first-order valence-corrected chi connectivity index (χ1v) is 7.50. The molecule has 0 aromatic carbocycles. The lowest BCUT2D eigenvalue weighted by Gasteiger charge is -2.40. The van der Waals surface area contributed by atoms with E-state index >= 15 is 0 Å². The lowest BCUT2D eigenvalue weighted by molar-refractivity contribution is 0.257. The second-order valence-electron chi connectivity index (χ2n) is 6.33. The Balaban J connectivity index is 1.80. The summed E-state index contributed by atoms with van der Waals surface area (Å²) in [5, 5.41) is 0. The molecule has 19 heavy (non-hydrogen) atoms. The molecule has 1 saturated heterocycles. The van der Waals surface area contributed by atoms with Crippen molar-refractivity contribution in [2.24, 2.45) is 11.1 Å². The Labute approximate surface area is 115 Å². The van der Waals surface area contributed by atoms with Crippen LogP contribution < -0.4 is 10.6 Å². The first-order chi connectivity index (χ1) is 9.22. The van der Waals surface area contributed by atoms with Gasteiger partial charge in [-0.3, -0.25) is 0 Å². The summed E-state index contributed by atoms with van der Waals surface area (Å²) in [5.74, 6) is 1.20. The van der Waals surface area contributed by atoms with Gasteiger partial charge in [0, 0.05) is 24.3 Å². The number of aromatic nitrogens is 2. The summed E-state index contributed by atoms with van der Waals surface area (Å²) in [6.45, 7) is 5.26. The van der Waals surface area contributed by atoms with Gasteiger partial charge in [0.15, 0.2) is 0 Å². The summed E-state index contributed by atoms with van der Waals surface area (Å²) in [6, 6.07) is 0. The van der Waals surface area contributed by atoms with E-state index in [0.29, 0.717) is 5.41 Å². The fourth-order valence-corrected chi connectivity index (χ4v) is 3.24. The van der Waals surface area contributed by atoms with Crippen molar-refractivity contribution in [2.75, 3.05) is 24.5 Å². The number of anilines is 1. The third-order valence-electron chi connectivity index (χ3n) is 4.87. The van der Waals surface area contributed by atoms with E-state index in [1.165, 1.54) is 42.8 Å². The maximum absolute atomic E-state index is 5.89. The predicted octanol–water partition coefficient (Wildman–Crippen LogP) is 1.92. The average molecular weight is 260 g/mol. The smallest absolute Gasteiger partial charge is 0.135 e. The van der Waals surface area contributed by atoms with E-state index in [2.05, 4.69) is 21.8 Å². The van der Waals surface area contributed by atoms with E-state index < -0.39 is 0 Å². The first kappa shape index (κ1) is 12.9. The molecule has 104 valence electrons. The summed E-state index contributed by atoms with van der Waals surface area (Å²) in [5.41, 5.74) is 8.90. The van der Waals surface area contributed by atoms with Gasteiger partial charge in [0.1, 0.15) is 12.1 Å². The SMILES string of the molecule is CC1(CN)CCN(c2ncnc3c2CCCC3)CC1. The fourth-order valence-electron chi connectivity index (χ4n) is 3.24. The topological polar surface area (TPSA) is 55.0 Å². The zero-order valence-corrected chi connectivity index (χ0v) is 11.9. The van der Waals surface area contributed by atoms with Crippen molar-refractivity contribution < 1.29 is 0 Å². The van der Waals surface area contributed by atoms with Crippen LogP contribution >= 0.6 is 0 Å². The molecule has 0 unspecified atom stereocenters. The van der Waals surface area contributed by atoms with Gasteiger partial charge in [0.2, 0.25) is 0 Å². The summed E-state index contributed by atoms with van der Waals surface area (Å²) in [6.07, 6.45) is 8.91. The molecule has 1 aromatic heterocycles. The molecule has 1 aliphatic carbocycles. The molecule has 3 rings (SSSR count). The molecular formula is C15H24N4. The molecule has 1 aromatic rings. The average Bonchev–Trinajstić information content (AvgIpc) is 2.48. The molecule has 4 nitrogen and oxygen atoms in total. The Kier molecular flexibility index (Phi) is 3.44. The zero-order valence-electron chi connectivity index (χ0n) is 11.9. The summed E-state index contributed by atoms with van der Waals surface area (Å²) in [7, 11) is 0. The number of hydrogen-bond donors (Lipinski definition) is 1. The maximum Gasteiger partial charge on any atom is 0.135 e. The van der Waals surface area contributed by atoms with Crippen LogP contribution in [0.5, 0.6) is 0 Å². The van der Waals surface area contributed by atoms with Gasteiger partial charge in [-0.1, -0.05) is 6.92 Å². The molecule has 4 heteroatoms. The predicted molar refractivity (Wildman–Crippen MR) is 77.3 cm³/mol. The molecule has 0 saturated carbocycles. The van der Waals surface area contributed by atoms with E-state index in [1.54, 1.807) is 6.33 Å². The number of nitrogens with two attached hydrogens (primary N) is 1. The highest BCUT2D eigenvalue weighted by molar-refractivity contribution is 5.50. The highest BCUT2D eigenvalue weighted by Crippen LogP contribution is 2.34. The summed E-state index contributed by atoms with van der Waals surface area (Å²) in [4.78, 5) is 11.5. The van der Waals surface area contributed by atoms with Crippen molar-refractivity contribution in [2.45, 2.75) is 45.4 Å². The van der Waals surface area contributed by atoms with E-state index in [-0.39, 0.29) is 0 Å². The number of aryl methyl sites for hydroxylation is 1. The van der Waals surface area contributed by atoms with Crippen molar-refractivity contribution in [3.05, 3.63) is 17.6 Å². The second kappa shape index (κ2) is 5.08.